The molecule has 5 aliphatic rings. The van der Waals surface area contributed by atoms with Crippen LogP contribution in [0, 0.1) is 5.82 Å². The number of phenols is 1. The van der Waals surface area contributed by atoms with Crippen LogP contribution in [0.2, 0.25) is 5.02 Å². The lowest BCUT2D eigenvalue weighted by Crippen LogP contribution is -2.54. The number of hydrogen-bond donors (Lipinski definition) is 2. The van der Waals surface area contributed by atoms with Crippen molar-refractivity contribution >= 4 is 39.1 Å². The van der Waals surface area contributed by atoms with Gasteiger partial charge in [0.25, 0.3) is 0 Å². The van der Waals surface area contributed by atoms with Crippen LogP contribution in [0.4, 0.5) is 10.2 Å². The fourth-order valence-electron chi connectivity index (χ4n) is 7.76. The van der Waals surface area contributed by atoms with Crippen LogP contribution in [0.25, 0.3) is 32.8 Å². The largest absolute Gasteiger partial charge is 0.508 e. The molecule has 1 aromatic heterocycles. The predicted molar refractivity (Wildman–Crippen MR) is 169 cm³/mol. The summed E-state index contributed by atoms with van der Waals surface area (Å²) in [7, 11) is 0. The molecule has 4 aliphatic heterocycles. The van der Waals surface area contributed by atoms with Gasteiger partial charge in [0.15, 0.2) is 5.82 Å². The number of hydrogen-bond acceptors (Lipinski definition) is 7. The lowest BCUT2D eigenvalue weighted by molar-refractivity contribution is 0.171. The van der Waals surface area contributed by atoms with Crippen molar-refractivity contribution in [3.05, 3.63) is 53.3 Å². The van der Waals surface area contributed by atoms with Gasteiger partial charge in [-0.25, -0.2) is 4.39 Å². The number of benzene rings is 3. The molecule has 1 aliphatic carbocycles. The van der Waals surface area contributed by atoms with Gasteiger partial charge in [0, 0.05) is 41.7 Å². The Labute approximate surface area is 256 Å². The molecule has 4 aromatic rings. The summed E-state index contributed by atoms with van der Waals surface area (Å²) >= 11 is 6.92. The molecule has 0 amide bonds. The van der Waals surface area contributed by atoms with Crippen molar-refractivity contribution in [2.45, 2.75) is 69.0 Å². The lowest BCUT2D eigenvalue weighted by atomic mass is 9.96. The number of aromatic nitrogens is 2. The van der Waals surface area contributed by atoms with E-state index in [0.717, 1.165) is 49.5 Å². The van der Waals surface area contributed by atoms with E-state index in [0.29, 0.717) is 29.4 Å². The van der Waals surface area contributed by atoms with E-state index in [2.05, 4.69) is 15.1 Å². The Morgan fingerprint density at radius 1 is 1.05 bits per heavy atom. The average Bonchev–Trinajstić information content (AvgIpc) is 3.71. The molecule has 43 heavy (non-hydrogen) atoms. The van der Waals surface area contributed by atoms with Gasteiger partial charge in [-0.1, -0.05) is 35.9 Å². The van der Waals surface area contributed by atoms with Crippen LogP contribution in [0.15, 0.2) is 42.5 Å². The molecule has 3 aromatic carbocycles. The van der Waals surface area contributed by atoms with Gasteiger partial charge in [0.05, 0.1) is 11.6 Å². The molecular weight excluding hydrogens is 565 g/mol. The number of fused-ring (bicyclic) bond motifs is 6. The Kier molecular flexibility index (Phi) is 6.84. The Morgan fingerprint density at radius 3 is 2.72 bits per heavy atom. The van der Waals surface area contributed by atoms with Crippen molar-refractivity contribution in [3.8, 4) is 22.9 Å². The second kappa shape index (κ2) is 10.8. The number of rotatable bonds is 7. The van der Waals surface area contributed by atoms with E-state index in [1.54, 1.807) is 18.2 Å². The average molecular weight is 602 g/mol. The third-order valence-electron chi connectivity index (χ3n) is 10.2. The van der Waals surface area contributed by atoms with Crippen LogP contribution in [-0.4, -0.2) is 70.4 Å². The first-order valence-electron chi connectivity index (χ1n) is 15.8. The fraction of sp³-hybridized carbons (Fsp3) is 0.471. The van der Waals surface area contributed by atoms with Crippen molar-refractivity contribution < 1.29 is 14.2 Å². The maximum absolute atomic E-state index is 16.8. The Balaban J connectivity index is 1.23. The smallest absolute Gasteiger partial charge is 0.319 e. The Hall–Kier alpha value is -3.20. The molecule has 2 unspecified atom stereocenters. The molecular formula is C34H37ClFN5O2. The van der Waals surface area contributed by atoms with Gasteiger partial charge in [-0.15, -0.1) is 0 Å². The highest BCUT2D eigenvalue weighted by molar-refractivity contribution is 6.35. The molecule has 0 radical (unpaired) electrons. The van der Waals surface area contributed by atoms with E-state index in [1.165, 1.54) is 38.8 Å². The normalized spacial score (nSPS) is 23.3. The first-order valence-corrected chi connectivity index (χ1v) is 16.2. The first-order chi connectivity index (χ1) is 21.0. The van der Waals surface area contributed by atoms with E-state index in [1.807, 2.05) is 24.3 Å². The standard InChI is InChI=1S/C34H37ClFN5O2/c35-28-18-27-31(30(36)29(28)26-17-24(42)16-21-6-1-2-9-25(21)26)38-33(43-15-12-34(10-11-34)40-13-3-4-14-40)39-32(27)41-20-22-7-5-8-23(41)19-37-22/h1-2,6,9,16-18,22-23,37,42H,3-5,7-8,10-15,19-20H2. The summed E-state index contributed by atoms with van der Waals surface area (Å²) in [5.41, 5.74) is 1.19. The summed E-state index contributed by atoms with van der Waals surface area (Å²) in [5, 5.41) is 16.7. The van der Waals surface area contributed by atoms with Crippen molar-refractivity contribution in [2.24, 2.45) is 0 Å². The molecule has 4 saturated heterocycles. The number of ether oxygens (including phenoxy) is 1. The zero-order valence-corrected chi connectivity index (χ0v) is 25.0. The van der Waals surface area contributed by atoms with Crippen molar-refractivity contribution in [2.75, 3.05) is 37.7 Å². The molecule has 224 valence electrons. The van der Waals surface area contributed by atoms with Crippen molar-refractivity contribution in [1.82, 2.24) is 20.2 Å². The number of piperazine rings is 1. The molecule has 7 nitrogen and oxygen atoms in total. The van der Waals surface area contributed by atoms with Gasteiger partial charge in [-0.3, -0.25) is 4.90 Å². The number of nitrogens with zero attached hydrogens (tertiary/aromatic N) is 4. The molecule has 2 N–H and O–H groups in total. The number of phenolic OH excluding ortho intramolecular Hbond substituents is 1. The number of aromatic hydroxyl groups is 1. The van der Waals surface area contributed by atoms with Crippen molar-refractivity contribution in [1.29, 1.82) is 0 Å². The van der Waals surface area contributed by atoms with Crippen LogP contribution >= 0.6 is 11.6 Å². The third kappa shape index (κ3) is 4.88. The zero-order valence-electron chi connectivity index (χ0n) is 24.3. The minimum Gasteiger partial charge on any atom is -0.508 e. The second-order valence-corrected chi connectivity index (χ2v) is 13.3. The van der Waals surface area contributed by atoms with Gasteiger partial charge < -0.3 is 20.1 Å². The molecule has 9 heteroatoms. The van der Waals surface area contributed by atoms with E-state index in [9.17, 15) is 5.11 Å². The number of anilines is 1. The fourth-order valence-corrected chi connectivity index (χ4v) is 8.05. The SMILES string of the molecule is Oc1cc(-c2c(Cl)cc3c(N4CC5CCCC4CN5)nc(OCCC4(N5CCCC5)CC4)nc3c2F)c2ccccc2c1. The lowest BCUT2D eigenvalue weighted by Gasteiger charge is -2.38. The molecule has 5 heterocycles. The van der Waals surface area contributed by atoms with Gasteiger partial charge in [0.1, 0.15) is 17.1 Å². The first kappa shape index (κ1) is 27.4. The second-order valence-electron chi connectivity index (χ2n) is 12.8. The summed E-state index contributed by atoms with van der Waals surface area (Å²) in [4.78, 5) is 14.6. The minimum absolute atomic E-state index is 0.0526. The molecule has 2 atom stereocenters. The van der Waals surface area contributed by atoms with Crippen LogP contribution in [0.3, 0.4) is 0 Å². The summed E-state index contributed by atoms with van der Waals surface area (Å²) < 4.78 is 23.1. The highest BCUT2D eigenvalue weighted by atomic mass is 35.5. The maximum Gasteiger partial charge on any atom is 0.319 e. The summed E-state index contributed by atoms with van der Waals surface area (Å²) in [6.07, 6.45) is 9.18. The topological polar surface area (TPSA) is 73.8 Å². The third-order valence-corrected chi connectivity index (χ3v) is 10.5. The van der Waals surface area contributed by atoms with Gasteiger partial charge >= 0.3 is 6.01 Å². The molecule has 5 fully saturated rings. The monoisotopic (exact) mass is 601 g/mol. The van der Waals surface area contributed by atoms with Crippen LogP contribution in [0.1, 0.15) is 51.4 Å². The zero-order chi connectivity index (χ0) is 29.1. The number of halogens is 2. The predicted octanol–water partition coefficient (Wildman–Crippen LogP) is 6.68. The van der Waals surface area contributed by atoms with Gasteiger partial charge in [-0.2, -0.15) is 9.97 Å². The Morgan fingerprint density at radius 2 is 1.88 bits per heavy atom. The van der Waals surface area contributed by atoms with E-state index < -0.39 is 5.82 Å². The van der Waals surface area contributed by atoms with E-state index >= 15 is 4.39 Å². The van der Waals surface area contributed by atoms with E-state index in [-0.39, 0.29) is 39.4 Å². The highest BCUT2D eigenvalue weighted by Crippen LogP contribution is 2.47. The minimum atomic E-state index is -0.527. The van der Waals surface area contributed by atoms with Gasteiger partial charge in [-0.05, 0) is 99.0 Å². The summed E-state index contributed by atoms with van der Waals surface area (Å²) in [6, 6.07) is 13.5. The number of nitrogens with one attached hydrogen (secondary N) is 1. The molecule has 9 rings (SSSR count). The Bertz CT molecular complexity index is 1700. The quantitative estimate of drug-likeness (QED) is 0.245. The van der Waals surface area contributed by atoms with Crippen molar-refractivity contribution in [3.63, 3.8) is 0 Å². The van der Waals surface area contributed by atoms with Crippen LogP contribution in [0.5, 0.6) is 11.8 Å². The summed E-state index contributed by atoms with van der Waals surface area (Å²) in [6.45, 7) is 4.50. The molecule has 2 bridgehead atoms. The summed E-state index contributed by atoms with van der Waals surface area (Å²) in [5.74, 6) is 0.213. The highest BCUT2D eigenvalue weighted by Gasteiger charge is 2.48. The van der Waals surface area contributed by atoms with Crippen LogP contribution in [-0.2, 0) is 0 Å². The van der Waals surface area contributed by atoms with Gasteiger partial charge in [0.2, 0.25) is 0 Å². The maximum atomic E-state index is 16.8. The van der Waals surface area contributed by atoms with E-state index in [4.69, 9.17) is 26.3 Å². The molecule has 0 spiro atoms. The molecule has 1 saturated carbocycles. The van der Waals surface area contributed by atoms with Crippen LogP contribution < -0.4 is 15.0 Å². The number of likely N-dealkylation sites (tertiary alicyclic amines) is 1.